The third-order valence-corrected chi connectivity index (χ3v) is 3.91. The second kappa shape index (κ2) is 9.18. The van der Waals surface area contributed by atoms with Gasteiger partial charge in [0, 0.05) is 6.42 Å². The number of phosphoric ester groups is 1. The summed E-state index contributed by atoms with van der Waals surface area (Å²) in [7, 11) is -5.08. The average molecular weight is 395 g/mol. The second-order valence-corrected chi connectivity index (χ2v) is 6.19. The van der Waals surface area contributed by atoms with Crippen molar-refractivity contribution in [3.63, 3.8) is 0 Å². The average Bonchev–Trinajstić information content (AvgIpc) is 3.00. The first-order chi connectivity index (χ1) is 10.3. The summed E-state index contributed by atoms with van der Waals surface area (Å²) in [5.41, 5.74) is 0.715. The molecule has 1 saturated heterocycles. The molecule has 0 aromatic carbocycles. The van der Waals surface area contributed by atoms with Gasteiger partial charge in [-0.15, -0.1) is 0 Å². The number of hydrogen-bond donors (Lipinski definition) is 1. The Hall–Kier alpha value is 0.870. The Balaban J connectivity index is 0.00000144. The molecule has 0 bridgehead atoms. The van der Waals surface area contributed by atoms with Crippen LogP contribution in [-0.2, 0) is 13.8 Å². The molecule has 3 rings (SSSR count). The molecular formula is C10H10ClN4Na2O6P. The Morgan fingerprint density at radius 3 is 2.79 bits per heavy atom. The quantitative estimate of drug-likeness (QED) is 0.303. The summed E-state index contributed by atoms with van der Waals surface area (Å²) in [6.07, 6.45) is 0.193. The van der Waals surface area contributed by atoms with E-state index >= 15 is 0 Å². The number of aliphatic hydroxyl groups is 1. The van der Waals surface area contributed by atoms with Gasteiger partial charge in [0.25, 0.3) is 0 Å². The number of halogens is 1. The van der Waals surface area contributed by atoms with Crippen LogP contribution in [0.1, 0.15) is 12.6 Å². The van der Waals surface area contributed by atoms with Crippen molar-refractivity contribution in [2.75, 3.05) is 6.61 Å². The summed E-state index contributed by atoms with van der Waals surface area (Å²) in [6.45, 7) is -0.458. The van der Waals surface area contributed by atoms with Crippen LogP contribution in [0, 0.1) is 0 Å². The van der Waals surface area contributed by atoms with Crippen LogP contribution in [0.15, 0.2) is 12.7 Å². The van der Waals surface area contributed by atoms with E-state index in [1.165, 1.54) is 17.2 Å². The first kappa shape index (κ1) is 22.9. The number of fused-ring (bicyclic) bond motifs is 1. The number of aromatic nitrogens is 4. The predicted molar refractivity (Wildman–Crippen MR) is 68.4 cm³/mol. The topological polar surface area (TPSA) is 145 Å². The zero-order valence-electron chi connectivity index (χ0n) is 12.9. The van der Waals surface area contributed by atoms with Gasteiger partial charge in [-0.1, -0.05) is 11.6 Å². The van der Waals surface area contributed by atoms with Crippen LogP contribution in [0.4, 0.5) is 0 Å². The molecule has 3 atom stereocenters. The SMILES string of the molecule is O=P([O-])([O-])OCC1CC(O)C(n2cnc3c(Cl)ncnc32)O1.[Na+].[Na+]. The van der Waals surface area contributed by atoms with Gasteiger partial charge in [-0.05, 0) is 0 Å². The van der Waals surface area contributed by atoms with Crippen molar-refractivity contribution in [2.45, 2.75) is 24.9 Å². The van der Waals surface area contributed by atoms with E-state index in [9.17, 15) is 19.5 Å². The molecule has 3 heterocycles. The van der Waals surface area contributed by atoms with Gasteiger partial charge in [0.2, 0.25) is 0 Å². The minimum absolute atomic E-state index is 0. The van der Waals surface area contributed by atoms with Gasteiger partial charge in [0.05, 0.1) is 26.9 Å². The zero-order chi connectivity index (χ0) is 15.9. The van der Waals surface area contributed by atoms with Crippen LogP contribution in [0.2, 0.25) is 5.15 Å². The van der Waals surface area contributed by atoms with Gasteiger partial charge >= 0.3 is 59.1 Å². The number of phosphoric acid groups is 1. The maximum Gasteiger partial charge on any atom is 1.00 e. The van der Waals surface area contributed by atoms with Crippen LogP contribution in [0.25, 0.3) is 11.2 Å². The predicted octanol–water partition coefficient (Wildman–Crippen LogP) is -7.02. The van der Waals surface area contributed by atoms with Crippen molar-refractivity contribution in [1.82, 2.24) is 19.5 Å². The van der Waals surface area contributed by atoms with E-state index < -0.39 is 32.9 Å². The van der Waals surface area contributed by atoms with E-state index in [4.69, 9.17) is 16.3 Å². The van der Waals surface area contributed by atoms with E-state index in [2.05, 4.69) is 19.5 Å². The number of imidazole rings is 1. The first-order valence-electron chi connectivity index (χ1n) is 6.18. The molecule has 2 aromatic rings. The summed E-state index contributed by atoms with van der Waals surface area (Å²) in [4.78, 5) is 32.8. The molecule has 120 valence electrons. The molecule has 0 saturated carbocycles. The standard InChI is InChI=1S/C10H12ClN4O6P.2Na/c11-8-7-9(13-3-12-8)15(4-14-7)10-6(16)1-5(21-10)2-20-22(17,18)19;;/h3-6,10,16H,1-2H2,(H2,17,18,19);;/q;2*+1/p-2. The molecule has 14 heteroatoms. The number of rotatable bonds is 4. The normalized spacial score (nSPS) is 23.8. The molecule has 1 aliphatic rings. The van der Waals surface area contributed by atoms with E-state index in [0.717, 1.165) is 0 Å². The summed E-state index contributed by atoms with van der Waals surface area (Å²) >= 11 is 5.89. The minimum atomic E-state index is -5.08. The molecule has 1 fully saturated rings. The Kier molecular flexibility index (Phi) is 8.77. The maximum absolute atomic E-state index is 10.5. The van der Waals surface area contributed by atoms with Crippen molar-refractivity contribution >= 4 is 30.6 Å². The first-order valence-corrected chi connectivity index (χ1v) is 8.02. The van der Waals surface area contributed by atoms with Crippen molar-refractivity contribution in [3.8, 4) is 0 Å². The minimum Gasteiger partial charge on any atom is -0.790 e. The Labute approximate surface area is 185 Å². The van der Waals surface area contributed by atoms with E-state index in [-0.39, 0.29) is 70.7 Å². The molecule has 24 heavy (non-hydrogen) atoms. The number of nitrogens with zero attached hydrogens (tertiary/aromatic N) is 4. The molecule has 1 aliphatic heterocycles. The van der Waals surface area contributed by atoms with Crippen molar-refractivity contribution in [1.29, 1.82) is 0 Å². The van der Waals surface area contributed by atoms with Crippen molar-refractivity contribution in [3.05, 3.63) is 17.8 Å². The van der Waals surface area contributed by atoms with Gasteiger partial charge in [-0.3, -0.25) is 4.57 Å². The Bertz CT molecular complexity index is 745. The fraction of sp³-hybridized carbons (Fsp3) is 0.500. The zero-order valence-corrected chi connectivity index (χ0v) is 18.6. The van der Waals surface area contributed by atoms with E-state index in [1.807, 2.05) is 0 Å². The van der Waals surface area contributed by atoms with E-state index in [1.54, 1.807) is 0 Å². The molecule has 0 amide bonds. The molecule has 0 aliphatic carbocycles. The molecule has 10 nitrogen and oxygen atoms in total. The Morgan fingerprint density at radius 1 is 1.42 bits per heavy atom. The fourth-order valence-electron chi connectivity index (χ4n) is 2.27. The van der Waals surface area contributed by atoms with E-state index in [0.29, 0.717) is 11.2 Å². The van der Waals surface area contributed by atoms with Crippen molar-refractivity contribution < 1.29 is 87.8 Å². The third kappa shape index (κ3) is 5.20. The second-order valence-electron chi connectivity index (χ2n) is 4.68. The van der Waals surface area contributed by atoms with Gasteiger partial charge in [-0.2, -0.15) is 0 Å². The summed E-state index contributed by atoms with van der Waals surface area (Å²) in [5.74, 6) is 0. The smallest absolute Gasteiger partial charge is 0.790 e. The van der Waals surface area contributed by atoms with Crippen LogP contribution < -0.4 is 68.9 Å². The van der Waals surface area contributed by atoms with Crippen molar-refractivity contribution in [2.24, 2.45) is 0 Å². The van der Waals surface area contributed by atoms with Crippen LogP contribution >= 0.6 is 19.4 Å². The molecule has 1 N–H and O–H groups in total. The third-order valence-electron chi connectivity index (χ3n) is 3.17. The number of aliphatic hydroxyl groups excluding tert-OH is 1. The van der Waals surface area contributed by atoms with Crippen LogP contribution in [0.5, 0.6) is 0 Å². The van der Waals surface area contributed by atoms with Gasteiger partial charge in [0.15, 0.2) is 17.0 Å². The Morgan fingerprint density at radius 2 is 2.12 bits per heavy atom. The monoisotopic (exact) mass is 394 g/mol. The van der Waals surface area contributed by atoms with Gasteiger partial charge in [-0.25, -0.2) is 15.0 Å². The molecular weight excluding hydrogens is 385 g/mol. The van der Waals surface area contributed by atoms with Crippen LogP contribution in [0.3, 0.4) is 0 Å². The molecule has 2 aromatic heterocycles. The van der Waals surface area contributed by atoms with Gasteiger partial charge < -0.3 is 28.7 Å². The summed E-state index contributed by atoms with van der Waals surface area (Å²) in [6, 6.07) is 0. The molecule has 3 unspecified atom stereocenters. The summed E-state index contributed by atoms with van der Waals surface area (Å²) in [5, 5.41) is 10.2. The largest absolute Gasteiger partial charge is 1.00 e. The van der Waals surface area contributed by atoms with Crippen LogP contribution in [-0.4, -0.2) is 43.4 Å². The molecule has 0 spiro atoms. The molecule has 0 radical (unpaired) electrons. The fourth-order valence-corrected chi connectivity index (χ4v) is 2.80. The number of hydrogen-bond acceptors (Lipinski definition) is 9. The number of ether oxygens (including phenoxy) is 1. The summed E-state index contributed by atoms with van der Waals surface area (Å²) < 4.78 is 21.6. The van der Waals surface area contributed by atoms with Gasteiger partial charge in [0.1, 0.15) is 17.9 Å². The maximum atomic E-state index is 10.5.